The molecule has 2 heterocycles. The van der Waals surface area contributed by atoms with Gasteiger partial charge in [-0.3, -0.25) is 9.59 Å². The molecule has 0 spiro atoms. The van der Waals surface area contributed by atoms with Crippen molar-refractivity contribution < 1.29 is 14.3 Å². The molecule has 0 unspecified atom stereocenters. The number of hydrogen-bond acceptors (Lipinski definition) is 5. The largest absolute Gasteiger partial charge is 0.495 e. The second-order valence-electron chi connectivity index (χ2n) is 10.5. The number of rotatable bonds is 6. The standard InChI is InChI=1S/C35H33N3O3S/c1-25-8-7-9-27(22-25)24-38-30-11-4-6-13-32(30)42-33(35(38)40)23-26-14-16-28(17-15-26)34(39)37-20-18-36(19-21-37)29-10-3-5-12-31(29)41-2/h3-17,22-23H,18-21,24H2,1-2H3. The highest BCUT2D eigenvalue weighted by molar-refractivity contribution is 8.04. The summed E-state index contributed by atoms with van der Waals surface area (Å²) in [7, 11) is 1.68. The van der Waals surface area contributed by atoms with E-state index < -0.39 is 0 Å². The summed E-state index contributed by atoms with van der Waals surface area (Å²) in [6, 6.07) is 31.8. The van der Waals surface area contributed by atoms with Gasteiger partial charge in [-0.25, -0.2) is 0 Å². The van der Waals surface area contributed by atoms with Crippen molar-refractivity contribution in [2.24, 2.45) is 0 Å². The summed E-state index contributed by atoms with van der Waals surface area (Å²) in [5, 5.41) is 0. The first-order valence-electron chi connectivity index (χ1n) is 14.1. The van der Waals surface area contributed by atoms with Crippen LogP contribution >= 0.6 is 11.8 Å². The molecule has 2 aliphatic heterocycles. The monoisotopic (exact) mass is 575 g/mol. The zero-order valence-corrected chi connectivity index (χ0v) is 24.6. The Balaban J connectivity index is 1.15. The van der Waals surface area contributed by atoms with Crippen molar-refractivity contribution >= 4 is 41.0 Å². The molecule has 212 valence electrons. The second kappa shape index (κ2) is 12.2. The van der Waals surface area contributed by atoms with Crippen LogP contribution in [0.5, 0.6) is 5.75 Å². The molecule has 4 aromatic carbocycles. The van der Waals surface area contributed by atoms with Gasteiger partial charge in [0.2, 0.25) is 0 Å². The van der Waals surface area contributed by atoms with Gasteiger partial charge in [0.1, 0.15) is 5.75 Å². The Kier molecular flexibility index (Phi) is 8.02. The lowest BCUT2D eigenvalue weighted by Gasteiger charge is -2.36. The van der Waals surface area contributed by atoms with E-state index in [1.54, 1.807) is 7.11 Å². The fourth-order valence-electron chi connectivity index (χ4n) is 5.51. The molecule has 7 heteroatoms. The maximum atomic E-state index is 13.7. The summed E-state index contributed by atoms with van der Waals surface area (Å²) < 4.78 is 5.52. The third-order valence-electron chi connectivity index (χ3n) is 7.70. The van der Waals surface area contributed by atoms with Crippen LogP contribution in [0.1, 0.15) is 27.0 Å². The molecule has 42 heavy (non-hydrogen) atoms. The Bertz CT molecular complexity index is 1640. The molecule has 0 saturated carbocycles. The summed E-state index contributed by atoms with van der Waals surface area (Å²) in [5.41, 5.74) is 5.78. The van der Waals surface area contributed by atoms with E-state index in [9.17, 15) is 9.59 Å². The summed E-state index contributed by atoms with van der Waals surface area (Å²) in [5.74, 6) is 0.849. The van der Waals surface area contributed by atoms with Gasteiger partial charge >= 0.3 is 0 Å². The average molecular weight is 576 g/mol. The van der Waals surface area contributed by atoms with E-state index in [2.05, 4.69) is 42.2 Å². The third-order valence-corrected chi connectivity index (χ3v) is 8.78. The van der Waals surface area contributed by atoms with Crippen molar-refractivity contribution in [3.63, 3.8) is 0 Å². The molecule has 0 N–H and O–H groups in total. The minimum absolute atomic E-state index is 0.0201. The van der Waals surface area contributed by atoms with Crippen LogP contribution in [0.3, 0.4) is 0 Å². The Hall–Kier alpha value is -4.49. The van der Waals surface area contributed by atoms with E-state index in [0.717, 1.165) is 46.2 Å². The Morgan fingerprint density at radius 3 is 2.31 bits per heavy atom. The molecule has 0 bridgehead atoms. The maximum absolute atomic E-state index is 13.7. The van der Waals surface area contributed by atoms with E-state index in [4.69, 9.17) is 4.74 Å². The molecular formula is C35H33N3O3S. The number of carbonyl (C=O) groups is 2. The second-order valence-corrected chi connectivity index (χ2v) is 11.6. The smallest absolute Gasteiger partial charge is 0.265 e. The predicted molar refractivity (Wildman–Crippen MR) is 170 cm³/mol. The van der Waals surface area contributed by atoms with Gasteiger partial charge in [0.05, 0.1) is 29.9 Å². The zero-order chi connectivity index (χ0) is 29.1. The van der Waals surface area contributed by atoms with E-state index in [-0.39, 0.29) is 11.8 Å². The van der Waals surface area contributed by atoms with Crippen LogP contribution in [-0.2, 0) is 11.3 Å². The number of anilines is 2. The van der Waals surface area contributed by atoms with Crippen molar-refractivity contribution in [2.75, 3.05) is 43.1 Å². The molecule has 0 aromatic heterocycles. The molecule has 0 radical (unpaired) electrons. The van der Waals surface area contributed by atoms with Crippen LogP contribution in [0.2, 0.25) is 0 Å². The van der Waals surface area contributed by atoms with Crippen molar-refractivity contribution in [3.05, 3.63) is 124 Å². The SMILES string of the molecule is COc1ccccc1N1CCN(C(=O)c2ccc(C=C3Sc4ccccc4N(Cc4cccc(C)c4)C3=O)cc2)CC1. The van der Waals surface area contributed by atoms with Crippen LogP contribution in [-0.4, -0.2) is 50.0 Å². The third kappa shape index (κ3) is 5.78. The summed E-state index contributed by atoms with van der Waals surface area (Å²) in [6.45, 7) is 5.35. The van der Waals surface area contributed by atoms with Crippen LogP contribution in [0.15, 0.2) is 107 Å². The number of fused-ring (bicyclic) bond motifs is 1. The Morgan fingerprint density at radius 1 is 0.857 bits per heavy atom. The lowest BCUT2D eigenvalue weighted by Crippen LogP contribution is -2.48. The fourth-order valence-corrected chi connectivity index (χ4v) is 6.57. The quantitative estimate of drug-likeness (QED) is 0.241. The number of carbonyl (C=O) groups excluding carboxylic acids is 2. The van der Waals surface area contributed by atoms with Crippen molar-refractivity contribution in [2.45, 2.75) is 18.4 Å². The van der Waals surface area contributed by atoms with Gasteiger partial charge in [0, 0.05) is 36.6 Å². The summed E-state index contributed by atoms with van der Waals surface area (Å²) in [4.78, 5) is 34.7. The first-order chi connectivity index (χ1) is 20.5. The molecule has 1 fully saturated rings. The highest BCUT2D eigenvalue weighted by atomic mass is 32.2. The lowest BCUT2D eigenvalue weighted by molar-refractivity contribution is -0.114. The molecule has 2 amide bonds. The number of aryl methyl sites for hydroxylation is 1. The van der Waals surface area contributed by atoms with Crippen LogP contribution in [0.4, 0.5) is 11.4 Å². The molecular weight excluding hydrogens is 542 g/mol. The minimum Gasteiger partial charge on any atom is -0.495 e. The number of amides is 2. The van der Waals surface area contributed by atoms with Crippen molar-refractivity contribution in [1.82, 2.24) is 4.90 Å². The van der Waals surface area contributed by atoms with E-state index in [0.29, 0.717) is 30.1 Å². The number of methoxy groups -OCH3 is 1. The molecule has 6 nitrogen and oxygen atoms in total. The van der Waals surface area contributed by atoms with Gasteiger partial charge in [0.15, 0.2) is 0 Å². The Morgan fingerprint density at radius 2 is 1.57 bits per heavy atom. The highest BCUT2D eigenvalue weighted by Gasteiger charge is 2.29. The summed E-state index contributed by atoms with van der Waals surface area (Å²) in [6.07, 6.45) is 1.92. The zero-order valence-electron chi connectivity index (χ0n) is 23.8. The number of hydrogen-bond donors (Lipinski definition) is 0. The average Bonchev–Trinajstić information content (AvgIpc) is 3.03. The molecule has 0 atom stereocenters. The highest BCUT2D eigenvalue weighted by Crippen LogP contribution is 2.42. The van der Waals surface area contributed by atoms with Gasteiger partial charge in [0.25, 0.3) is 11.8 Å². The summed E-state index contributed by atoms with van der Waals surface area (Å²) >= 11 is 1.49. The van der Waals surface area contributed by atoms with Crippen LogP contribution in [0, 0.1) is 6.92 Å². The van der Waals surface area contributed by atoms with Crippen LogP contribution < -0.4 is 14.5 Å². The first kappa shape index (κ1) is 27.7. The van der Waals surface area contributed by atoms with Gasteiger partial charge in [-0.15, -0.1) is 0 Å². The first-order valence-corrected chi connectivity index (χ1v) is 14.9. The van der Waals surface area contributed by atoms with Crippen molar-refractivity contribution in [1.29, 1.82) is 0 Å². The minimum atomic E-state index is -0.0201. The number of piperazine rings is 1. The number of thioether (sulfide) groups is 1. The number of benzene rings is 4. The van der Waals surface area contributed by atoms with Gasteiger partial charge in [-0.1, -0.05) is 78.0 Å². The Labute approximate surface area is 251 Å². The normalized spacial score (nSPS) is 16.0. The fraction of sp³-hybridized carbons (Fsp3) is 0.200. The van der Waals surface area contributed by atoms with Gasteiger partial charge < -0.3 is 19.4 Å². The number of ether oxygens (including phenoxy) is 1. The van der Waals surface area contributed by atoms with Crippen molar-refractivity contribution in [3.8, 4) is 5.75 Å². The van der Waals surface area contributed by atoms with Gasteiger partial charge in [-0.05, 0) is 60.5 Å². The molecule has 0 aliphatic carbocycles. The number of para-hydroxylation sites is 3. The molecule has 6 rings (SSSR count). The topological polar surface area (TPSA) is 53.1 Å². The molecule has 1 saturated heterocycles. The predicted octanol–water partition coefficient (Wildman–Crippen LogP) is 6.65. The molecule has 2 aliphatic rings. The maximum Gasteiger partial charge on any atom is 0.265 e. The van der Waals surface area contributed by atoms with E-state index in [1.165, 1.54) is 17.3 Å². The molecule has 4 aromatic rings. The number of nitrogens with zero attached hydrogens (tertiary/aromatic N) is 3. The van der Waals surface area contributed by atoms with Crippen LogP contribution in [0.25, 0.3) is 6.08 Å². The lowest BCUT2D eigenvalue weighted by atomic mass is 10.1. The van der Waals surface area contributed by atoms with E-state index in [1.807, 2.05) is 82.6 Å². The van der Waals surface area contributed by atoms with E-state index >= 15 is 0 Å². The van der Waals surface area contributed by atoms with Gasteiger partial charge in [-0.2, -0.15) is 0 Å².